The third kappa shape index (κ3) is 7.11. The summed E-state index contributed by atoms with van der Waals surface area (Å²) in [5.41, 5.74) is 2.16. The minimum absolute atomic E-state index is 0.0210. The zero-order valence-corrected chi connectivity index (χ0v) is 24.7. The molecule has 0 amide bonds. The van der Waals surface area contributed by atoms with Gasteiger partial charge in [0, 0.05) is 37.6 Å². The van der Waals surface area contributed by atoms with Crippen LogP contribution in [0.25, 0.3) is 0 Å². The largest absolute Gasteiger partial charge is 0.497 e. The Kier molecular flexibility index (Phi) is 9.51. The van der Waals surface area contributed by atoms with E-state index in [-0.39, 0.29) is 11.8 Å². The number of likely N-dealkylation sites (tertiary alicyclic amines) is 1. The normalized spacial score (nSPS) is 18.1. The summed E-state index contributed by atoms with van der Waals surface area (Å²) in [6.45, 7) is 1.48. The molecule has 0 N–H and O–H groups in total. The van der Waals surface area contributed by atoms with Crippen molar-refractivity contribution in [3.63, 3.8) is 0 Å². The van der Waals surface area contributed by atoms with Gasteiger partial charge in [-0.05, 0) is 78.4 Å². The van der Waals surface area contributed by atoms with Crippen LogP contribution in [0.3, 0.4) is 0 Å². The van der Waals surface area contributed by atoms with Gasteiger partial charge in [-0.25, -0.2) is 14.5 Å². The molecule has 0 aliphatic carbocycles. The van der Waals surface area contributed by atoms with Gasteiger partial charge in [0.15, 0.2) is 0 Å². The molecule has 5 rings (SSSR count). The van der Waals surface area contributed by atoms with E-state index in [0.717, 1.165) is 52.7 Å². The van der Waals surface area contributed by atoms with Gasteiger partial charge in [-0.2, -0.15) is 0 Å². The summed E-state index contributed by atoms with van der Waals surface area (Å²) in [6, 6.07) is 23.4. The van der Waals surface area contributed by atoms with Crippen LogP contribution in [0, 0.1) is 5.92 Å². The number of rotatable bonds is 11. The smallest absolute Gasteiger partial charge is 0.335 e. The van der Waals surface area contributed by atoms with E-state index in [1.807, 2.05) is 53.4 Å². The van der Waals surface area contributed by atoms with Crippen molar-refractivity contribution < 1.29 is 38.0 Å². The number of methoxy groups -OCH3 is 3. The molecule has 3 aromatic rings. The van der Waals surface area contributed by atoms with E-state index < -0.39 is 17.8 Å². The monoisotopic (exact) mass is 587 g/mol. The third-order valence-corrected chi connectivity index (χ3v) is 7.97. The second kappa shape index (κ2) is 13.6. The topological polar surface area (TPSA) is 92.8 Å². The highest BCUT2D eigenvalue weighted by atomic mass is 16.8. The molecule has 1 atom stereocenters. The van der Waals surface area contributed by atoms with Crippen molar-refractivity contribution in [1.82, 2.24) is 4.90 Å². The van der Waals surface area contributed by atoms with E-state index in [2.05, 4.69) is 24.3 Å². The second-order valence-electron chi connectivity index (χ2n) is 10.5. The van der Waals surface area contributed by atoms with E-state index in [9.17, 15) is 9.59 Å². The molecule has 1 saturated heterocycles. The third-order valence-electron chi connectivity index (χ3n) is 7.97. The average molecular weight is 588 g/mol. The minimum Gasteiger partial charge on any atom is -0.497 e. The highest BCUT2D eigenvalue weighted by Crippen LogP contribution is 2.45. The van der Waals surface area contributed by atoms with Gasteiger partial charge in [-0.3, -0.25) is 0 Å². The van der Waals surface area contributed by atoms with Gasteiger partial charge in [0.05, 0.1) is 27.9 Å². The van der Waals surface area contributed by atoms with Gasteiger partial charge >= 0.3 is 17.8 Å². The first-order valence-electron chi connectivity index (χ1n) is 14.4. The number of hydrogen-bond donors (Lipinski definition) is 0. The number of carbonyl (C=O) groups excluding carboxylic acids is 2. The molecule has 226 valence electrons. The van der Waals surface area contributed by atoms with Crippen LogP contribution in [0.5, 0.6) is 23.0 Å². The molecule has 1 unspecified atom stereocenters. The van der Waals surface area contributed by atoms with Gasteiger partial charge in [0.2, 0.25) is 0 Å². The molecule has 0 aromatic heterocycles. The number of piperidine rings is 1. The molecule has 2 aliphatic rings. The molecule has 43 heavy (non-hydrogen) atoms. The quantitative estimate of drug-likeness (QED) is 0.218. The molecule has 0 saturated carbocycles. The maximum Gasteiger partial charge on any atom is 0.335 e. The molecule has 1 spiro atoms. The van der Waals surface area contributed by atoms with Crippen molar-refractivity contribution >= 4 is 11.9 Å². The zero-order valence-electron chi connectivity index (χ0n) is 24.7. The summed E-state index contributed by atoms with van der Waals surface area (Å²) >= 11 is 0. The summed E-state index contributed by atoms with van der Waals surface area (Å²) in [4.78, 5) is 27.4. The summed E-state index contributed by atoms with van der Waals surface area (Å²) < 4.78 is 33.8. The van der Waals surface area contributed by atoms with Crippen LogP contribution in [0.15, 0.2) is 84.9 Å². The van der Waals surface area contributed by atoms with Gasteiger partial charge in [-0.15, -0.1) is 0 Å². The maximum absolute atomic E-state index is 12.7. The Morgan fingerprint density at radius 1 is 0.744 bits per heavy atom. The van der Waals surface area contributed by atoms with Crippen LogP contribution in [0.4, 0.5) is 0 Å². The van der Waals surface area contributed by atoms with Gasteiger partial charge < -0.3 is 28.4 Å². The lowest BCUT2D eigenvalue weighted by atomic mass is 9.75. The molecule has 2 aliphatic heterocycles. The fourth-order valence-electron chi connectivity index (χ4n) is 5.85. The van der Waals surface area contributed by atoms with Crippen LogP contribution in [0.2, 0.25) is 0 Å². The predicted octanol–water partition coefficient (Wildman–Crippen LogP) is 5.34. The first-order chi connectivity index (χ1) is 20.9. The van der Waals surface area contributed by atoms with Gasteiger partial charge in [0.1, 0.15) is 23.0 Å². The maximum atomic E-state index is 12.7. The van der Waals surface area contributed by atoms with E-state index in [4.69, 9.17) is 28.4 Å². The lowest BCUT2D eigenvalue weighted by Gasteiger charge is -2.48. The molecule has 9 heteroatoms. The number of esters is 2. The van der Waals surface area contributed by atoms with Crippen LogP contribution >= 0.6 is 0 Å². The molecule has 2 heterocycles. The summed E-state index contributed by atoms with van der Waals surface area (Å²) in [5, 5.41) is 0. The van der Waals surface area contributed by atoms with Crippen molar-refractivity contribution in [2.75, 3.05) is 41.0 Å². The van der Waals surface area contributed by atoms with Gasteiger partial charge in [-0.1, -0.05) is 24.3 Å². The van der Waals surface area contributed by atoms with Crippen LogP contribution < -0.4 is 18.9 Å². The molecule has 3 aromatic carbocycles. The van der Waals surface area contributed by atoms with Crippen LogP contribution in [-0.2, 0) is 19.1 Å². The van der Waals surface area contributed by atoms with E-state index >= 15 is 0 Å². The average Bonchev–Trinajstić information content (AvgIpc) is 3.18. The lowest BCUT2D eigenvalue weighted by Crippen LogP contribution is -2.59. The Balaban J connectivity index is 1.39. The SMILES string of the molecule is COc1ccc(OCCCN2CCC(C(c3ccc(OC)cc3)c3ccc(OC)cc3)CC23OC(=O)C=CC(=O)O3)cc1. The van der Waals surface area contributed by atoms with Crippen LogP contribution in [0.1, 0.15) is 36.3 Å². The Morgan fingerprint density at radius 2 is 1.21 bits per heavy atom. The van der Waals surface area contributed by atoms with E-state index in [1.54, 1.807) is 21.3 Å². The van der Waals surface area contributed by atoms with E-state index in [0.29, 0.717) is 32.5 Å². The first-order valence-corrected chi connectivity index (χ1v) is 14.4. The van der Waals surface area contributed by atoms with Gasteiger partial charge in [0.25, 0.3) is 0 Å². The predicted molar refractivity (Wildman–Crippen MR) is 159 cm³/mol. The standard InChI is InChI=1S/C34H37NO8/c1-38-27-9-5-24(6-10-27)33(25-7-11-28(39-2)12-8-25)26-19-21-35(34(23-26)42-31(36)17-18-32(37)43-34)20-4-22-41-30-15-13-29(40-3)14-16-30/h5-18,26,33H,4,19-23H2,1-3H3. The lowest BCUT2D eigenvalue weighted by molar-refractivity contribution is -0.300. The molecule has 9 nitrogen and oxygen atoms in total. The second-order valence-corrected chi connectivity index (χ2v) is 10.5. The molecule has 1 fully saturated rings. The summed E-state index contributed by atoms with van der Waals surface area (Å²) in [7, 11) is 4.90. The fraction of sp³-hybridized carbons (Fsp3) is 0.353. The number of benzene rings is 3. The Morgan fingerprint density at radius 3 is 1.70 bits per heavy atom. The summed E-state index contributed by atoms with van der Waals surface area (Å²) in [5.74, 6) is 0.148. The van der Waals surface area contributed by atoms with E-state index in [1.165, 1.54) is 0 Å². The Labute approximate surface area is 251 Å². The Hall–Kier alpha value is -4.50. The molecule has 0 radical (unpaired) electrons. The van der Waals surface area contributed by atoms with Crippen molar-refractivity contribution in [2.45, 2.75) is 31.1 Å². The number of nitrogens with zero attached hydrogens (tertiary/aromatic N) is 1. The molecule has 0 bridgehead atoms. The zero-order chi connectivity index (χ0) is 30.2. The highest BCUT2D eigenvalue weighted by molar-refractivity contribution is 5.93. The fourth-order valence-corrected chi connectivity index (χ4v) is 5.85. The Bertz CT molecular complexity index is 1330. The van der Waals surface area contributed by atoms with Crippen molar-refractivity contribution in [3.8, 4) is 23.0 Å². The minimum atomic E-state index is -1.54. The first kappa shape index (κ1) is 30.0. The van der Waals surface area contributed by atoms with Crippen molar-refractivity contribution in [1.29, 1.82) is 0 Å². The van der Waals surface area contributed by atoms with Crippen molar-refractivity contribution in [2.24, 2.45) is 5.92 Å². The molecular weight excluding hydrogens is 550 g/mol. The number of hydrogen-bond acceptors (Lipinski definition) is 9. The summed E-state index contributed by atoms with van der Waals surface area (Å²) in [6.07, 6.45) is 3.95. The highest BCUT2D eigenvalue weighted by Gasteiger charge is 2.51. The van der Waals surface area contributed by atoms with Crippen LogP contribution in [-0.4, -0.2) is 63.8 Å². The molecular formula is C34H37NO8. The number of carbonyl (C=O) groups is 2. The number of ether oxygens (including phenoxy) is 6. The van der Waals surface area contributed by atoms with Crippen molar-refractivity contribution in [3.05, 3.63) is 96.1 Å².